The molecule has 0 spiro atoms. The summed E-state index contributed by atoms with van der Waals surface area (Å²) < 4.78 is 1.96. The van der Waals surface area contributed by atoms with Crippen molar-refractivity contribution in [2.24, 2.45) is 0 Å². The number of carboxylic acids is 1. The monoisotopic (exact) mass is 260 g/mol. The minimum Gasteiger partial charge on any atom is -0.478 e. The maximum absolute atomic E-state index is 11.3. The highest BCUT2D eigenvalue weighted by Crippen LogP contribution is 2.32. The third-order valence-electron chi connectivity index (χ3n) is 3.88. The first kappa shape index (κ1) is 12.2. The molecule has 1 fully saturated rings. The van der Waals surface area contributed by atoms with Gasteiger partial charge in [0.1, 0.15) is 0 Å². The number of fused-ring (bicyclic) bond motifs is 1. The van der Waals surface area contributed by atoms with Crippen molar-refractivity contribution in [1.29, 1.82) is 0 Å². The largest absolute Gasteiger partial charge is 0.478 e. The number of aromatic nitrogens is 2. The van der Waals surface area contributed by atoms with Crippen LogP contribution in [0.1, 0.15) is 42.1 Å². The summed E-state index contributed by atoms with van der Waals surface area (Å²) in [6.07, 6.45) is 4.75. The summed E-state index contributed by atoms with van der Waals surface area (Å²) >= 11 is 0. The van der Waals surface area contributed by atoms with E-state index < -0.39 is 5.97 Å². The molecule has 1 saturated carbocycles. The third-order valence-corrected chi connectivity index (χ3v) is 3.88. The molecule has 1 aliphatic carbocycles. The van der Waals surface area contributed by atoms with Crippen molar-refractivity contribution >= 4 is 17.0 Å². The molecular weight excluding hydrogens is 244 g/mol. The average molecular weight is 260 g/mol. The normalized spacial score (nSPS) is 23.6. The van der Waals surface area contributed by atoms with Crippen LogP contribution in [0.4, 0.5) is 0 Å². The van der Waals surface area contributed by atoms with Gasteiger partial charge in [-0.05, 0) is 37.8 Å². The molecule has 3 rings (SSSR count). The predicted molar refractivity (Wildman–Crippen MR) is 70.2 cm³/mol. The highest BCUT2D eigenvalue weighted by atomic mass is 16.4. The van der Waals surface area contributed by atoms with Crippen LogP contribution in [0.2, 0.25) is 0 Å². The van der Waals surface area contributed by atoms with Crippen LogP contribution in [0, 0.1) is 0 Å². The van der Waals surface area contributed by atoms with Crippen LogP contribution in [0.25, 0.3) is 11.0 Å². The molecule has 0 saturated heterocycles. The lowest BCUT2D eigenvalue weighted by Crippen LogP contribution is -2.21. The highest BCUT2D eigenvalue weighted by molar-refractivity contribution is 6.01. The summed E-state index contributed by atoms with van der Waals surface area (Å²) in [5.74, 6) is -0.928. The number of aliphatic hydroxyl groups excluding tert-OH is 1. The lowest BCUT2D eigenvalue weighted by molar-refractivity contribution is 0.0697. The van der Waals surface area contributed by atoms with Crippen LogP contribution in [0.15, 0.2) is 24.5 Å². The van der Waals surface area contributed by atoms with E-state index in [0.717, 1.165) is 25.7 Å². The second kappa shape index (κ2) is 4.66. The SMILES string of the molecule is O=C(O)c1cccc2ncn(C3CCC(O)CC3)c12. The zero-order valence-corrected chi connectivity index (χ0v) is 10.5. The quantitative estimate of drug-likeness (QED) is 0.868. The Balaban J connectivity index is 2.06. The number of benzene rings is 1. The molecule has 0 atom stereocenters. The van der Waals surface area contributed by atoms with Crippen LogP contribution in [0.5, 0.6) is 0 Å². The van der Waals surface area contributed by atoms with Gasteiger partial charge in [-0.1, -0.05) is 6.07 Å². The van der Waals surface area contributed by atoms with Crippen molar-refractivity contribution in [3.05, 3.63) is 30.1 Å². The Labute approximate surface area is 110 Å². The van der Waals surface area contributed by atoms with Gasteiger partial charge < -0.3 is 14.8 Å². The first-order chi connectivity index (χ1) is 9.16. The molecule has 1 aromatic heterocycles. The molecule has 100 valence electrons. The van der Waals surface area contributed by atoms with Crippen molar-refractivity contribution in [3.8, 4) is 0 Å². The maximum atomic E-state index is 11.3. The van der Waals surface area contributed by atoms with Gasteiger partial charge in [-0.25, -0.2) is 9.78 Å². The van der Waals surface area contributed by atoms with Crippen LogP contribution in [0.3, 0.4) is 0 Å². The van der Waals surface area contributed by atoms with E-state index in [2.05, 4.69) is 4.98 Å². The molecule has 1 aromatic carbocycles. The number of nitrogens with zero attached hydrogens (tertiary/aromatic N) is 2. The second-order valence-electron chi connectivity index (χ2n) is 5.09. The lowest BCUT2D eigenvalue weighted by atomic mass is 9.93. The first-order valence-corrected chi connectivity index (χ1v) is 6.53. The molecule has 0 radical (unpaired) electrons. The average Bonchev–Trinajstić information content (AvgIpc) is 2.83. The highest BCUT2D eigenvalue weighted by Gasteiger charge is 2.23. The van der Waals surface area contributed by atoms with Crippen LogP contribution in [-0.2, 0) is 0 Å². The zero-order valence-electron chi connectivity index (χ0n) is 10.5. The number of para-hydroxylation sites is 1. The predicted octanol–water partition coefficient (Wildman–Crippen LogP) is 2.21. The molecule has 1 aliphatic rings. The van der Waals surface area contributed by atoms with Crippen molar-refractivity contribution < 1.29 is 15.0 Å². The molecule has 0 amide bonds. The number of carbonyl (C=O) groups is 1. The molecular formula is C14H16N2O3. The Kier molecular flexibility index (Phi) is 2.98. The number of aliphatic hydroxyl groups is 1. The molecule has 2 N–H and O–H groups in total. The van der Waals surface area contributed by atoms with Crippen LogP contribution >= 0.6 is 0 Å². The van der Waals surface area contributed by atoms with E-state index in [9.17, 15) is 15.0 Å². The Morgan fingerprint density at radius 3 is 2.68 bits per heavy atom. The Morgan fingerprint density at radius 2 is 2.00 bits per heavy atom. The number of carboxylic acid groups (broad SMARTS) is 1. The van der Waals surface area contributed by atoms with Gasteiger partial charge >= 0.3 is 5.97 Å². The summed E-state index contributed by atoms with van der Waals surface area (Å²) in [6.45, 7) is 0. The van der Waals surface area contributed by atoms with E-state index in [-0.39, 0.29) is 12.1 Å². The summed E-state index contributed by atoms with van der Waals surface area (Å²) in [7, 11) is 0. The van der Waals surface area contributed by atoms with Crippen molar-refractivity contribution in [3.63, 3.8) is 0 Å². The smallest absolute Gasteiger partial charge is 0.337 e. The Hall–Kier alpha value is -1.88. The standard InChI is InChI=1S/C14H16N2O3/c17-10-6-4-9(5-7-10)16-8-15-12-3-1-2-11(13(12)16)14(18)19/h1-3,8-10,17H,4-7H2,(H,18,19). The number of hydrogen-bond donors (Lipinski definition) is 2. The number of hydrogen-bond acceptors (Lipinski definition) is 3. The number of rotatable bonds is 2. The van der Waals surface area contributed by atoms with E-state index in [1.165, 1.54) is 0 Å². The maximum Gasteiger partial charge on any atom is 0.337 e. The summed E-state index contributed by atoms with van der Waals surface area (Å²) in [5, 5.41) is 18.8. The Morgan fingerprint density at radius 1 is 1.26 bits per heavy atom. The zero-order chi connectivity index (χ0) is 13.4. The third kappa shape index (κ3) is 2.10. The first-order valence-electron chi connectivity index (χ1n) is 6.53. The number of aromatic carboxylic acids is 1. The molecule has 1 heterocycles. The van der Waals surface area contributed by atoms with Gasteiger partial charge in [0, 0.05) is 6.04 Å². The van der Waals surface area contributed by atoms with E-state index >= 15 is 0 Å². The second-order valence-corrected chi connectivity index (χ2v) is 5.09. The molecule has 5 nitrogen and oxygen atoms in total. The van der Waals surface area contributed by atoms with Gasteiger partial charge in [0.05, 0.1) is 29.0 Å². The fourth-order valence-corrected chi connectivity index (χ4v) is 2.87. The van der Waals surface area contributed by atoms with E-state index in [1.807, 2.05) is 10.6 Å². The van der Waals surface area contributed by atoms with Gasteiger partial charge in [0.15, 0.2) is 0 Å². The van der Waals surface area contributed by atoms with E-state index in [4.69, 9.17) is 0 Å². The topological polar surface area (TPSA) is 75.3 Å². The van der Waals surface area contributed by atoms with E-state index in [0.29, 0.717) is 16.6 Å². The van der Waals surface area contributed by atoms with Crippen molar-refractivity contribution in [1.82, 2.24) is 9.55 Å². The molecule has 2 aromatic rings. The fourth-order valence-electron chi connectivity index (χ4n) is 2.87. The lowest BCUT2D eigenvalue weighted by Gasteiger charge is -2.27. The van der Waals surface area contributed by atoms with E-state index in [1.54, 1.807) is 18.5 Å². The molecule has 0 bridgehead atoms. The Bertz CT molecular complexity index is 612. The van der Waals surface area contributed by atoms with Crippen molar-refractivity contribution in [2.75, 3.05) is 0 Å². The molecule has 0 aliphatic heterocycles. The molecule has 19 heavy (non-hydrogen) atoms. The van der Waals surface area contributed by atoms with Gasteiger partial charge in [-0.15, -0.1) is 0 Å². The van der Waals surface area contributed by atoms with Crippen LogP contribution in [-0.4, -0.2) is 31.8 Å². The summed E-state index contributed by atoms with van der Waals surface area (Å²) in [5.41, 5.74) is 1.70. The van der Waals surface area contributed by atoms with Gasteiger partial charge in [0.2, 0.25) is 0 Å². The molecule has 5 heteroatoms. The minimum atomic E-state index is -0.928. The summed E-state index contributed by atoms with van der Waals surface area (Å²) in [4.78, 5) is 15.6. The van der Waals surface area contributed by atoms with Crippen LogP contribution < -0.4 is 0 Å². The van der Waals surface area contributed by atoms with Gasteiger partial charge in [-0.3, -0.25) is 0 Å². The number of imidazole rings is 1. The fraction of sp³-hybridized carbons (Fsp3) is 0.429. The van der Waals surface area contributed by atoms with Crippen molar-refractivity contribution in [2.45, 2.75) is 37.8 Å². The molecule has 0 unspecified atom stereocenters. The minimum absolute atomic E-state index is 0.218. The summed E-state index contributed by atoms with van der Waals surface area (Å²) in [6, 6.07) is 5.39. The van der Waals surface area contributed by atoms with Gasteiger partial charge in [-0.2, -0.15) is 0 Å². The van der Waals surface area contributed by atoms with Gasteiger partial charge in [0.25, 0.3) is 0 Å².